The van der Waals surface area contributed by atoms with Crippen LogP contribution in [0.15, 0.2) is 53.8 Å². The monoisotopic (exact) mass is 349 g/mol. The van der Waals surface area contributed by atoms with Crippen molar-refractivity contribution in [3.05, 3.63) is 80.6 Å². The van der Waals surface area contributed by atoms with Crippen molar-refractivity contribution in [3.63, 3.8) is 0 Å². The molecular formula is C19H11NO6. The number of hydrogen-bond acceptors (Lipinski definition) is 6. The number of ether oxygens (including phenoxy) is 2. The summed E-state index contributed by atoms with van der Waals surface area (Å²) < 4.78 is 11.6. The molecular weight excluding hydrogens is 338 g/mol. The molecule has 0 bridgehead atoms. The van der Waals surface area contributed by atoms with Gasteiger partial charge < -0.3 is 9.47 Å². The van der Waals surface area contributed by atoms with Crippen LogP contribution in [-0.4, -0.2) is 29.2 Å². The third-order valence-electron chi connectivity index (χ3n) is 5.03. The lowest BCUT2D eigenvalue weighted by Crippen LogP contribution is -2.39. The molecule has 7 heteroatoms. The summed E-state index contributed by atoms with van der Waals surface area (Å²) in [4.78, 5) is 36.3. The van der Waals surface area contributed by atoms with E-state index in [4.69, 9.17) is 9.47 Å². The van der Waals surface area contributed by atoms with Gasteiger partial charge in [0.25, 0.3) is 5.69 Å². The number of non-ortho nitro benzene ring substituents is 1. The van der Waals surface area contributed by atoms with Gasteiger partial charge in [-0.1, -0.05) is 24.3 Å². The zero-order chi connectivity index (χ0) is 18.0. The Morgan fingerprint density at radius 2 is 1.77 bits per heavy atom. The topological polar surface area (TPSA) is 95.7 Å². The fourth-order valence-electron chi connectivity index (χ4n) is 3.81. The van der Waals surface area contributed by atoms with Gasteiger partial charge >= 0.3 is 0 Å². The number of fused-ring (bicyclic) bond motifs is 5. The standard InChI is InChI=1S/C19H11NO6/c21-16-10-3-1-2-4-11(10)17(22)19-15(16)18-13(8-25-19)12-7-9(20(23)24)5-6-14(12)26-18/h1-7,13,18H,8H2/t13-,18+/m1/s1. The average Bonchev–Trinajstić information content (AvgIpc) is 3.03. The molecule has 2 aromatic carbocycles. The van der Waals surface area contributed by atoms with Crippen molar-refractivity contribution < 1.29 is 24.0 Å². The summed E-state index contributed by atoms with van der Waals surface area (Å²) in [5, 5.41) is 11.0. The molecule has 0 radical (unpaired) electrons. The normalized spacial score (nSPS) is 22.6. The van der Waals surface area contributed by atoms with Crippen molar-refractivity contribution >= 4 is 17.3 Å². The van der Waals surface area contributed by atoms with E-state index in [2.05, 4.69) is 0 Å². The van der Waals surface area contributed by atoms with Gasteiger partial charge in [-0.3, -0.25) is 19.7 Å². The van der Waals surface area contributed by atoms with Crippen LogP contribution in [0.25, 0.3) is 0 Å². The second-order valence-electron chi connectivity index (χ2n) is 6.38. The molecule has 0 aromatic heterocycles. The van der Waals surface area contributed by atoms with E-state index in [1.807, 2.05) is 0 Å². The number of hydrogen-bond donors (Lipinski definition) is 0. The highest BCUT2D eigenvalue weighted by molar-refractivity contribution is 6.26. The van der Waals surface area contributed by atoms with Gasteiger partial charge in [0.2, 0.25) is 5.78 Å². The smallest absolute Gasteiger partial charge is 0.269 e. The number of nitrogens with zero attached hydrogens (tertiary/aromatic N) is 1. The van der Waals surface area contributed by atoms with E-state index in [1.165, 1.54) is 18.2 Å². The maximum absolute atomic E-state index is 13.0. The number of nitro benzene ring substituents is 1. The summed E-state index contributed by atoms with van der Waals surface area (Å²) in [7, 11) is 0. The van der Waals surface area contributed by atoms with Gasteiger partial charge in [0, 0.05) is 28.8 Å². The van der Waals surface area contributed by atoms with Crippen molar-refractivity contribution in [2.75, 3.05) is 6.61 Å². The Bertz CT molecular complexity index is 1050. The minimum Gasteiger partial charge on any atom is -0.488 e. The van der Waals surface area contributed by atoms with Gasteiger partial charge in [0.1, 0.15) is 11.9 Å². The first kappa shape index (κ1) is 14.8. The summed E-state index contributed by atoms with van der Waals surface area (Å²) in [6, 6.07) is 10.9. The molecule has 0 spiro atoms. The molecule has 26 heavy (non-hydrogen) atoms. The van der Waals surface area contributed by atoms with Crippen molar-refractivity contribution in [2.24, 2.45) is 0 Å². The van der Waals surface area contributed by atoms with E-state index in [-0.39, 0.29) is 41.1 Å². The summed E-state index contributed by atoms with van der Waals surface area (Å²) in [6.07, 6.45) is -0.680. The maximum atomic E-state index is 13.0. The molecule has 2 aromatic rings. The molecule has 0 fully saturated rings. The molecule has 2 aliphatic heterocycles. The molecule has 5 rings (SSSR count). The van der Waals surface area contributed by atoms with E-state index in [9.17, 15) is 19.7 Å². The Morgan fingerprint density at radius 3 is 2.50 bits per heavy atom. The highest BCUT2D eigenvalue weighted by Gasteiger charge is 2.49. The van der Waals surface area contributed by atoms with Crippen LogP contribution in [0.4, 0.5) is 5.69 Å². The molecule has 0 saturated carbocycles. The predicted molar refractivity (Wildman–Crippen MR) is 88.3 cm³/mol. The van der Waals surface area contributed by atoms with Gasteiger partial charge in [-0.15, -0.1) is 0 Å². The Kier molecular flexibility index (Phi) is 2.86. The van der Waals surface area contributed by atoms with Crippen LogP contribution in [0.5, 0.6) is 5.75 Å². The summed E-state index contributed by atoms with van der Waals surface area (Å²) >= 11 is 0. The number of nitro groups is 1. The number of allylic oxidation sites excluding steroid dienone is 1. The molecule has 0 N–H and O–H groups in total. The quantitative estimate of drug-likeness (QED) is 0.580. The Morgan fingerprint density at radius 1 is 1.04 bits per heavy atom. The van der Waals surface area contributed by atoms with Gasteiger partial charge in [0.05, 0.1) is 23.0 Å². The third-order valence-corrected chi connectivity index (χ3v) is 5.03. The van der Waals surface area contributed by atoms with E-state index in [0.717, 1.165) is 0 Å². The third kappa shape index (κ3) is 1.82. The lowest BCUT2D eigenvalue weighted by Gasteiger charge is -2.31. The Labute approximate surface area is 147 Å². The van der Waals surface area contributed by atoms with Gasteiger partial charge in [-0.05, 0) is 6.07 Å². The highest BCUT2D eigenvalue weighted by Crippen LogP contribution is 2.47. The van der Waals surface area contributed by atoms with E-state index < -0.39 is 11.0 Å². The van der Waals surface area contributed by atoms with Crippen LogP contribution >= 0.6 is 0 Å². The molecule has 7 nitrogen and oxygen atoms in total. The van der Waals surface area contributed by atoms with Crippen LogP contribution in [-0.2, 0) is 4.74 Å². The summed E-state index contributed by atoms with van der Waals surface area (Å²) in [6.45, 7) is 0.124. The Balaban J connectivity index is 1.63. The van der Waals surface area contributed by atoms with Crippen LogP contribution in [0.1, 0.15) is 32.2 Å². The van der Waals surface area contributed by atoms with Crippen molar-refractivity contribution in [1.82, 2.24) is 0 Å². The van der Waals surface area contributed by atoms with Gasteiger partial charge in [0.15, 0.2) is 11.5 Å². The number of benzene rings is 2. The SMILES string of the molecule is O=C1C2=C(C(=O)c3ccccc31)[C@H]1Oc3ccc([N+](=O)[O-])cc3[C@H]1CO2. The predicted octanol–water partition coefficient (Wildman–Crippen LogP) is 2.80. The number of Topliss-reactive ketones (excluding diaryl/α,β-unsaturated/α-hetero) is 2. The molecule has 2 heterocycles. The van der Waals surface area contributed by atoms with Crippen molar-refractivity contribution in [3.8, 4) is 5.75 Å². The number of ketones is 2. The van der Waals surface area contributed by atoms with Crippen LogP contribution in [0.3, 0.4) is 0 Å². The van der Waals surface area contributed by atoms with E-state index in [0.29, 0.717) is 22.4 Å². The lowest BCUT2D eigenvalue weighted by molar-refractivity contribution is -0.384. The largest absolute Gasteiger partial charge is 0.488 e. The molecule has 0 unspecified atom stereocenters. The number of rotatable bonds is 1. The maximum Gasteiger partial charge on any atom is 0.269 e. The van der Waals surface area contributed by atoms with Crippen molar-refractivity contribution in [2.45, 2.75) is 12.0 Å². The first-order chi connectivity index (χ1) is 12.6. The zero-order valence-electron chi connectivity index (χ0n) is 13.3. The Hall–Kier alpha value is -3.48. The van der Waals surface area contributed by atoms with Crippen molar-refractivity contribution in [1.29, 1.82) is 0 Å². The zero-order valence-corrected chi connectivity index (χ0v) is 13.3. The van der Waals surface area contributed by atoms with E-state index >= 15 is 0 Å². The van der Waals surface area contributed by atoms with Gasteiger partial charge in [-0.2, -0.15) is 0 Å². The molecule has 0 amide bonds. The number of carbonyl (C=O) groups excluding carboxylic acids is 2. The lowest BCUT2D eigenvalue weighted by atomic mass is 9.80. The molecule has 0 saturated heterocycles. The molecule has 128 valence electrons. The first-order valence-corrected chi connectivity index (χ1v) is 8.06. The summed E-state index contributed by atoms with van der Waals surface area (Å²) in [5.74, 6) is -0.503. The molecule has 2 atom stereocenters. The van der Waals surface area contributed by atoms with Gasteiger partial charge in [-0.25, -0.2) is 0 Å². The second kappa shape index (κ2) is 5.01. The average molecular weight is 349 g/mol. The minimum absolute atomic E-state index is 0.0252. The first-order valence-electron chi connectivity index (χ1n) is 8.06. The molecule has 1 aliphatic carbocycles. The highest BCUT2D eigenvalue weighted by atomic mass is 16.6. The molecule has 3 aliphatic rings. The van der Waals surface area contributed by atoms with E-state index in [1.54, 1.807) is 24.3 Å². The van der Waals surface area contributed by atoms with Crippen LogP contribution < -0.4 is 4.74 Å². The number of carbonyl (C=O) groups is 2. The summed E-state index contributed by atoms with van der Waals surface area (Å²) in [5.41, 5.74) is 1.41. The fraction of sp³-hybridized carbons (Fsp3) is 0.158. The van der Waals surface area contributed by atoms with Crippen LogP contribution in [0, 0.1) is 10.1 Å². The van der Waals surface area contributed by atoms with Crippen LogP contribution in [0.2, 0.25) is 0 Å². The minimum atomic E-state index is -0.680. The second-order valence-corrected chi connectivity index (χ2v) is 6.38. The fourth-order valence-corrected chi connectivity index (χ4v) is 3.81.